The molecule has 24 heavy (non-hydrogen) atoms. The van der Waals surface area contributed by atoms with Gasteiger partial charge >= 0.3 is 0 Å². The van der Waals surface area contributed by atoms with Crippen molar-refractivity contribution in [2.75, 3.05) is 13.2 Å². The molecule has 0 radical (unpaired) electrons. The molecule has 1 aliphatic carbocycles. The summed E-state index contributed by atoms with van der Waals surface area (Å²) in [4.78, 5) is 11.8. The molecular formula is C17H24N4O2S. The number of ether oxygens (including phenoxy) is 1. The second kappa shape index (κ2) is 6.90. The fourth-order valence-electron chi connectivity index (χ4n) is 3.30. The average Bonchev–Trinajstić information content (AvgIpc) is 3.01. The summed E-state index contributed by atoms with van der Waals surface area (Å²) in [5.41, 5.74) is 1.11. The van der Waals surface area contributed by atoms with Gasteiger partial charge in [0.15, 0.2) is 5.82 Å². The first-order chi connectivity index (χ1) is 11.7. The summed E-state index contributed by atoms with van der Waals surface area (Å²) >= 11 is 1.68. The Morgan fingerprint density at radius 3 is 3.04 bits per heavy atom. The predicted octanol–water partition coefficient (Wildman–Crippen LogP) is 3.84. The van der Waals surface area contributed by atoms with Crippen LogP contribution in [0.3, 0.4) is 0 Å². The molecule has 2 atom stereocenters. The zero-order valence-corrected chi connectivity index (χ0v) is 15.1. The summed E-state index contributed by atoms with van der Waals surface area (Å²) in [5.74, 6) is 2.20. The van der Waals surface area contributed by atoms with Crippen LogP contribution in [0.25, 0.3) is 0 Å². The minimum atomic E-state index is 0.0708. The van der Waals surface area contributed by atoms with Crippen LogP contribution in [0.1, 0.15) is 80.0 Å². The first-order valence-corrected chi connectivity index (χ1v) is 9.76. The maximum Gasteiger partial charge on any atom is 0.229 e. The van der Waals surface area contributed by atoms with E-state index in [0.29, 0.717) is 12.5 Å². The van der Waals surface area contributed by atoms with Crippen LogP contribution < -0.4 is 0 Å². The lowest BCUT2D eigenvalue weighted by Gasteiger charge is -2.20. The number of likely N-dealkylation sites (tertiary alicyclic amines) is 1. The highest BCUT2D eigenvalue weighted by Crippen LogP contribution is 2.40. The van der Waals surface area contributed by atoms with Crippen LogP contribution in [0.15, 0.2) is 9.90 Å². The molecule has 0 amide bonds. The third kappa shape index (κ3) is 3.38. The largest absolute Gasteiger partial charge is 0.372 e. The molecule has 2 aromatic heterocycles. The van der Waals surface area contributed by atoms with Crippen LogP contribution >= 0.6 is 11.3 Å². The van der Waals surface area contributed by atoms with E-state index in [4.69, 9.17) is 14.2 Å². The number of hydrogen-bond acceptors (Lipinski definition) is 7. The van der Waals surface area contributed by atoms with Gasteiger partial charge in [-0.1, -0.05) is 5.16 Å². The minimum absolute atomic E-state index is 0.0708. The third-order valence-corrected chi connectivity index (χ3v) is 5.80. The second-order valence-corrected chi connectivity index (χ2v) is 7.56. The summed E-state index contributed by atoms with van der Waals surface area (Å²) in [6.07, 6.45) is 4.72. The average molecular weight is 348 g/mol. The Hall–Kier alpha value is -1.31. The van der Waals surface area contributed by atoms with E-state index in [1.54, 1.807) is 11.3 Å². The molecule has 130 valence electrons. The zero-order chi connectivity index (χ0) is 16.5. The predicted molar refractivity (Wildman–Crippen MR) is 90.8 cm³/mol. The molecule has 1 saturated heterocycles. The molecule has 6 nitrogen and oxygen atoms in total. The van der Waals surface area contributed by atoms with E-state index < -0.39 is 0 Å². The van der Waals surface area contributed by atoms with Gasteiger partial charge in [0.05, 0.1) is 11.7 Å². The Bertz CT molecular complexity index is 682. The van der Waals surface area contributed by atoms with E-state index >= 15 is 0 Å². The van der Waals surface area contributed by atoms with Crippen LogP contribution in [0.2, 0.25) is 0 Å². The van der Waals surface area contributed by atoms with Gasteiger partial charge in [0.1, 0.15) is 11.1 Å². The highest BCUT2D eigenvalue weighted by Gasteiger charge is 2.34. The van der Waals surface area contributed by atoms with Crippen LogP contribution in [0, 0.1) is 0 Å². The fraction of sp³-hybridized carbons (Fsp3) is 0.706. The molecule has 4 rings (SSSR count). The number of nitrogens with zero attached hydrogens (tertiary/aromatic N) is 4. The second-order valence-electron chi connectivity index (χ2n) is 6.67. The molecule has 1 aliphatic heterocycles. The Balaban J connectivity index is 1.43. The Kier molecular flexibility index (Phi) is 4.65. The highest BCUT2D eigenvalue weighted by atomic mass is 32.1. The van der Waals surface area contributed by atoms with Crippen molar-refractivity contribution >= 4 is 11.3 Å². The molecule has 2 fully saturated rings. The van der Waals surface area contributed by atoms with E-state index in [2.05, 4.69) is 27.3 Å². The molecule has 0 spiro atoms. The summed E-state index contributed by atoms with van der Waals surface area (Å²) < 4.78 is 11.1. The van der Waals surface area contributed by atoms with Crippen molar-refractivity contribution in [3.05, 3.63) is 27.8 Å². The molecule has 7 heteroatoms. The van der Waals surface area contributed by atoms with Crippen molar-refractivity contribution in [1.29, 1.82) is 0 Å². The monoisotopic (exact) mass is 348 g/mol. The van der Waals surface area contributed by atoms with Crippen molar-refractivity contribution < 1.29 is 9.26 Å². The maximum atomic E-state index is 5.63. The summed E-state index contributed by atoms with van der Waals surface area (Å²) in [6, 6.07) is 0.260. The Labute approximate surface area is 146 Å². The van der Waals surface area contributed by atoms with E-state index in [9.17, 15) is 0 Å². The van der Waals surface area contributed by atoms with Gasteiger partial charge in [0.25, 0.3) is 0 Å². The van der Waals surface area contributed by atoms with Gasteiger partial charge in [-0.25, -0.2) is 4.98 Å². The van der Waals surface area contributed by atoms with Crippen LogP contribution in [0.5, 0.6) is 0 Å². The summed E-state index contributed by atoms with van der Waals surface area (Å²) in [6.45, 7) is 6.69. The standard InChI is InChI=1S/C17H24N4O2S/c1-3-22-11(2)17-18-13(10-24-17)9-21-8-4-5-14(21)15-19-16(23-20-15)12-6-7-12/h10-12,14H,3-9H2,1-2H3. The number of hydrogen-bond donors (Lipinski definition) is 0. The Morgan fingerprint density at radius 2 is 2.25 bits per heavy atom. The lowest BCUT2D eigenvalue weighted by atomic mass is 10.2. The summed E-state index contributed by atoms with van der Waals surface area (Å²) in [7, 11) is 0. The first kappa shape index (κ1) is 16.2. The van der Waals surface area contributed by atoms with E-state index in [1.165, 1.54) is 19.3 Å². The van der Waals surface area contributed by atoms with Gasteiger partial charge in [0, 0.05) is 24.4 Å². The maximum absolute atomic E-state index is 5.63. The van der Waals surface area contributed by atoms with Crippen molar-refractivity contribution in [3.8, 4) is 0 Å². The van der Waals surface area contributed by atoms with Crippen molar-refractivity contribution in [2.24, 2.45) is 0 Å². The lowest BCUT2D eigenvalue weighted by Crippen LogP contribution is -2.23. The first-order valence-electron chi connectivity index (χ1n) is 8.88. The third-order valence-electron chi connectivity index (χ3n) is 4.74. The van der Waals surface area contributed by atoms with Gasteiger partial charge < -0.3 is 9.26 Å². The minimum Gasteiger partial charge on any atom is -0.372 e. The van der Waals surface area contributed by atoms with Gasteiger partial charge in [-0.05, 0) is 46.1 Å². The van der Waals surface area contributed by atoms with E-state index in [0.717, 1.165) is 41.9 Å². The normalized spacial score (nSPS) is 23.0. The fourth-order valence-corrected chi connectivity index (χ4v) is 4.11. The lowest BCUT2D eigenvalue weighted by molar-refractivity contribution is 0.0760. The van der Waals surface area contributed by atoms with Crippen LogP contribution in [-0.4, -0.2) is 33.2 Å². The van der Waals surface area contributed by atoms with Crippen LogP contribution in [-0.2, 0) is 11.3 Å². The highest BCUT2D eigenvalue weighted by molar-refractivity contribution is 7.09. The molecule has 1 saturated carbocycles. The molecule has 2 aliphatic rings. The van der Waals surface area contributed by atoms with Gasteiger partial charge in [-0.2, -0.15) is 4.98 Å². The molecule has 0 aromatic carbocycles. The number of thiazole rings is 1. The Morgan fingerprint density at radius 1 is 1.38 bits per heavy atom. The van der Waals surface area contributed by atoms with Gasteiger partial charge in [0.2, 0.25) is 5.89 Å². The SMILES string of the molecule is CCOC(C)c1nc(CN2CCCC2c2noc(C3CC3)n2)cs1. The smallest absolute Gasteiger partial charge is 0.229 e. The molecule has 3 heterocycles. The van der Waals surface area contributed by atoms with E-state index in [1.807, 2.05) is 6.92 Å². The number of aromatic nitrogens is 3. The van der Waals surface area contributed by atoms with Crippen molar-refractivity contribution in [1.82, 2.24) is 20.0 Å². The topological polar surface area (TPSA) is 64.3 Å². The molecule has 2 unspecified atom stereocenters. The molecule has 0 N–H and O–H groups in total. The zero-order valence-electron chi connectivity index (χ0n) is 14.3. The van der Waals surface area contributed by atoms with Crippen molar-refractivity contribution in [2.45, 2.75) is 64.1 Å². The quantitative estimate of drug-likeness (QED) is 0.757. The van der Waals surface area contributed by atoms with Crippen LogP contribution in [0.4, 0.5) is 0 Å². The number of rotatable bonds is 7. The molecule has 0 bridgehead atoms. The van der Waals surface area contributed by atoms with Crippen molar-refractivity contribution in [3.63, 3.8) is 0 Å². The van der Waals surface area contributed by atoms with Gasteiger partial charge in [-0.15, -0.1) is 11.3 Å². The van der Waals surface area contributed by atoms with E-state index in [-0.39, 0.29) is 12.1 Å². The van der Waals surface area contributed by atoms with Gasteiger partial charge in [-0.3, -0.25) is 4.90 Å². The molecule has 2 aromatic rings. The summed E-state index contributed by atoms with van der Waals surface area (Å²) in [5, 5.41) is 7.44. The molecular weight excluding hydrogens is 324 g/mol.